The molecule has 6 nitrogen and oxygen atoms in total. The third-order valence-electron chi connectivity index (χ3n) is 2.73. The molecule has 1 atom stereocenters. The van der Waals surface area contributed by atoms with Gasteiger partial charge in [0.25, 0.3) is 0 Å². The number of hydrogen-bond donors (Lipinski definition) is 1. The molecule has 0 amide bonds. The van der Waals surface area contributed by atoms with E-state index in [2.05, 4.69) is 10.3 Å². The van der Waals surface area contributed by atoms with Gasteiger partial charge in [0.05, 0.1) is 4.92 Å². The van der Waals surface area contributed by atoms with Crippen LogP contribution >= 0.6 is 0 Å². The first-order valence-corrected chi connectivity index (χ1v) is 6.62. The van der Waals surface area contributed by atoms with Crippen molar-refractivity contribution < 1.29 is 9.48 Å². The molecule has 2 rings (SSSR count). The molecule has 0 saturated carbocycles. The highest BCUT2D eigenvalue weighted by molar-refractivity contribution is 7.92. The van der Waals surface area contributed by atoms with Gasteiger partial charge in [-0.1, -0.05) is 0 Å². The van der Waals surface area contributed by atoms with Gasteiger partial charge in [0, 0.05) is 36.3 Å². The first-order chi connectivity index (χ1) is 8.20. The van der Waals surface area contributed by atoms with Crippen LogP contribution < -0.4 is 5.32 Å². The number of pyridine rings is 1. The lowest BCUT2D eigenvalue weighted by atomic mass is 10.2. The third-order valence-corrected chi connectivity index (χ3v) is 4.50. The maximum atomic E-state index is 12.2. The summed E-state index contributed by atoms with van der Waals surface area (Å²) in [5, 5.41) is 14.1. The molecular formula is C10H13N3O3S. The second-order valence-corrected chi connectivity index (χ2v) is 5.48. The summed E-state index contributed by atoms with van der Waals surface area (Å²) in [5.74, 6) is 0. The Kier molecular flexibility index (Phi) is 3.93. The lowest BCUT2D eigenvalue weighted by Gasteiger charge is -2.24. The lowest BCUT2D eigenvalue weighted by Crippen LogP contribution is -2.36. The highest BCUT2D eigenvalue weighted by atomic mass is 32.2. The molecule has 1 aliphatic rings. The minimum atomic E-state index is -1.39. The highest BCUT2D eigenvalue weighted by Crippen LogP contribution is 2.27. The van der Waals surface area contributed by atoms with E-state index in [1.165, 1.54) is 18.3 Å². The lowest BCUT2D eigenvalue weighted by molar-refractivity contribution is -0.388. The van der Waals surface area contributed by atoms with E-state index in [1.54, 1.807) is 0 Å². The van der Waals surface area contributed by atoms with Crippen molar-refractivity contribution in [3.63, 3.8) is 0 Å². The fraction of sp³-hybridized carbons (Fsp3) is 0.500. The van der Waals surface area contributed by atoms with Crippen molar-refractivity contribution in [3.8, 4) is 0 Å². The summed E-state index contributed by atoms with van der Waals surface area (Å²) in [6.07, 6.45) is 2.97. The van der Waals surface area contributed by atoms with Crippen molar-refractivity contribution in [2.75, 3.05) is 13.1 Å². The molecule has 7 heteroatoms. The molecule has 0 aromatic carbocycles. The van der Waals surface area contributed by atoms with Crippen LogP contribution in [0.3, 0.4) is 0 Å². The van der Waals surface area contributed by atoms with E-state index in [9.17, 15) is 14.7 Å². The van der Waals surface area contributed by atoms with Gasteiger partial charge in [-0.2, -0.15) is 0 Å². The number of nitro groups is 1. The van der Waals surface area contributed by atoms with Gasteiger partial charge in [-0.05, 0) is 19.2 Å². The molecule has 1 aliphatic heterocycles. The molecule has 0 aliphatic carbocycles. The predicted octanol–water partition coefficient (Wildman–Crippen LogP) is 0.849. The SMILES string of the molecule is O=[N+]([O-])c1cccnc1[S+]([O-])C1CCNCC1. The van der Waals surface area contributed by atoms with Crippen LogP contribution in [0.4, 0.5) is 5.69 Å². The Labute approximate surface area is 102 Å². The molecular weight excluding hydrogens is 242 g/mol. The second-order valence-electron chi connectivity index (χ2n) is 3.83. The second kappa shape index (κ2) is 5.44. The molecule has 0 radical (unpaired) electrons. The van der Waals surface area contributed by atoms with Crippen LogP contribution in [-0.2, 0) is 11.2 Å². The molecule has 1 aromatic rings. The van der Waals surface area contributed by atoms with Crippen LogP contribution in [0, 0.1) is 10.1 Å². The van der Waals surface area contributed by atoms with Crippen molar-refractivity contribution >= 4 is 16.9 Å². The van der Waals surface area contributed by atoms with Crippen LogP contribution in [0.5, 0.6) is 0 Å². The average Bonchev–Trinajstić information content (AvgIpc) is 2.39. The Morgan fingerprint density at radius 1 is 1.47 bits per heavy atom. The van der Waals surface area contributed by atoms with Gasteiger partial charge in [-0.25, -0.2) is 4.98 Å². The van der Waals surface area contributed by atoms with Crippen LogP contribution in [0.2, 0.25) is 0 Å². The number of aromatic nitrogens is 1. The molecule has 0 spiro atoms. The van der Waals surface area contributed by atoms with Crippen molar-refractivity contribution in [1.82, 2.24) is 10.3 Å². The van der Waals surface area contributed by atoms with Crippen LogP contribution in [0.25, 0.3) is 0 Å². The van der Waals surface area contributed by atoms with E-state index in [0.29, 0.717) is 0 Å². The highest BCUT2D eigenvalue weighted by Gasteiger charge is 2.33. The number of hydrogen-bond acceptors (Lipinski definition) is 5. The van der Waals surface area contributed by atoms with E-state index in [-0.39, 0.29) is 16.0 Å². The molecule has 0 bridgehead atoms. The summed E-state index contributed by atoms with van der Waals surface area (Å²) in [6.45, 7) is 1.61. The molecule has 1 N–H and O–H groups in total. The van der Waals surface area contributed by atoms with E-state index < -0.39 is 16.1 Å². The molecule has 92 valence electrons. The normalized spacial score (nSPS) is 18.9. The number of nitrogens with one attached hydrogen (secondary N) is 1. The van der Waals surface area contributed by atoms with Gasteiger partial charge in [0.15, 0.2) is 0 Å². The molecule has 2 heterocycles. The third kappa shape index (κ3) is 2.74. The topological polar surface area (TPSA) is 91.1 Å². The Morgan fingerprint density at radius 2 is 2.18 bits per heavy atom. The van der Waals surface area contributed by atoms with Crippen LogP contribution in [-0.4, -0.2) is 32.8 Å². The van der Waals surface area contributed by atoms with Crippen LogP contribution in [0.1, 0.15) is 12.8 Å². The first-order valence-electron chi connectivity index (χ1n) is 5.41. The quantitative estimate of drug-likeness (QED) is 0.491. The molecule has 1 aromatic heterocycles. The predicted molar refractivity (Wildman–Crippen MR) is 63.2 cm³/mol. The van der Waals surface area contributed by atoms with Gasteiger partial charge >= 0.3 is 10.7 Å². The van der Waals surface area contributed by atoms with Crippen molar-refractivity contribution in [3.05, 3.63) is 28.4 Å². The zero-order valence-corrected chi connectivity index (χ0v) is 9.98. The molecule has 1 saturated heterocycles. The fourth-order valence-corrected chi connectivity index (χ4v) is 3.34. The maximum absolute atomic E-state index is 12.2. The van der Waals surface area contributed by atoms with E-state index >= 15 is 0 Å². The number of piperidine rings is 1. The van der Waals surface area contributed by atoms with Crippen molar-refractivity contribution in [1.29, 1.82) is 0 Å². The molecule has 17 heavy (non-hydrogen) atoms. The van der Waals surface area contributed by atoms with Gasteiger partial charge < -0.3 is 9.87 Å². The van der Waals surface area contributed by atoms with Crippen molar-refractivity contribution in [2.45, 2.75) is 23.1 Å². The first kappa shape index (κ1) is 12.3. The summed E-state index contributed by atoms with van der Waals surface area (Å²) < 4.78 is 12.2. The van der Waals surface area contributed by atoms with Gasteiger partial charge in [0.1, 0.15) is 5.25 Å². The van der Waals surface area contributed by atoms with Crippen LogP contribution in [0.15, 0.2) is 23.4 Å². The minimum Gasteiger partial charge on any atom is -0.610 e. The molecule has 1 unspecified atom stereocenters. The Hall–Kier alpha value is -1.18. The Morgan fingerprint density at radius 3 is 2.82 bits per heavy atom. The standard InChI is InChI=1S/C10H13N3O3S/c14-13(15)9-2-1-5-12-10(9)17(16)8-3-6-11-7-4-8/h1-2,5,8,11H,3-4,6-7H2. The van der Waals surface area contributed by atoms with Crippen molar-refractivity contribution in [2.24, 2.45) is 0 Å². The summed E-state index contributed by atoms with van der Waals surface area (Å²) in [7, 11) is 0. The van der Waals surface area contributed by atoms with E-state index in [0.717, 1.165) is 25.9 Å². The zero-order valence-electron chi connectivity index (χ0n) is 9.17. The average molecular weight is 255 g/mol. The largest absolute Gasteiger partial charge is 0.610 e. The maximum Gasteiger partial charge on any atom is 0.343 e. The number of nitrogens with zero attached hydrogens (tertiary/aromatic N) is 2. The number of rotatable bonds is 3. The van der Waals surface area contributed by atoms with Gasteiger partial charge in [-0.3, -0.25) is 10.1 Å². The zero-order chi connectivity index (χ0) is 12.3. The van der Waals surface area contributed by atoms with E-state index in [1.807, 2.05) is 0 Å². The Balaban J connectivity index is 2.23. The minimum absolute atomic E-state index is 0.0372. The summed E-state index contributed by atoms with van der Waals surface area (Å²) in [4.78, 5) is 14.2. The summed E-state index contributed by atoms with van der Waals surface area (Å²) >= 11 is -1.39. The van der Waals surface area contributed by atoms with E-state index in [4.69, 9.17) is 0 Å². The molecule has 1 fully saturated rings. The fourth-order valence-electron chi connectivity index (χ4n) is 1.84. The monoisotopic (exact) mass is 255 g/mol. The smallest absolute Gasteiger partial charge is 0.343 e. The van der Waals surface area contributed by atoms with Gasteiger partial charge in [0.2, 0.25) is 0 Å². The Bertz CT molecular complexity index is 410. The van der Waals surface area contributed by atoms with Gasteiger partial charge in [-0.15, -0.1) is 0 Å². The summed E-state index contributed by atoms with van der Waals surface area (Å²) in [6, 6.07) is 2.84. The summed E-state index contributed by atoms with van der Waals surface area (Å²) in [5.41, 5.74) is -0.149.